The predicted octanol–water partition coefficient (Wildman–Crippen LogP) is 4.28. The van der Waals surface area contributed by atoms with E-state index in [-0.39, 0.29) is 11.5 Å². The summed E-state index contributed by atoms with van der Waals surface area (Å²) in [4.78, 5) is 0. The fourth-order valence-electron chi connectivity index (χ4n) is 2.34. The van der Waals surface area contributed by atoms with Crippen LogP contribution < -0.4 is 10.1 Å². The Balaban J connectivity index is 1.97. The fourth-order valence-corrected chi connectivity index (χ4v) is 2.34. The number of hydrogen-bond donors (Lipinski definition) is 1. The largest absolute Gasteiger partial charge is 0.489 e. The average Bonchev–Trinajstić information content (AvgIpc) is 3.20. The van der Waals surface area contributed by atoms with Crippen molar-refractivity contribution in [1.82, 2.24) is 5.32 Å². The molecule has 0 amide bonds. The molecule has 1 aromatic carbocycles. The molecular formula is C18H29NO. The second-order valence-electron chi connectivity index (χ2n) is 6.99. The summed E-state index contributed by atoms with van der Waals surface area (Å²) in [7, 11) is 0. The van der Waals surface area contributed by atoms with Crippen molar-refractivity contribution >= 4 is 0 Å². The fraction of sp³-hybridized carbons (Fsp3) is 0.667. The minimum absolute atomic E-state index is 0.173. The SMILES string of the molecule is CCCC(CNC1CC1)Oc1cccc(C(C)(C)C)c1. The van der Waals surface area contributed by atoms with Gasteiger partial charge in [0, 0.05) is 12.6 Å². The molecule has 0 aromatic heterocycles. The van der Waals surface area contributed by atoms with Crippen molar-refractivity contribution in [3.05, 3.63) is 29.8 Å². The summed E-state index contributed by atoms with van der Waals surface area (Å²) in [6.45, 7) is 9.91. The highest BCUT2D eigenvalue weighted by atomic mass is 16.5. The van der Waals surface area contributed by atoms with Crippen molar-refractivity contribution in [2.24, 2.45) is 0 Å². The van der Waals surface area contributed by atoms with Gasteiger partial charge in [0.05, 0.1) is 0 Å². The second kappa shape index (κ2) is 6.62. The van der Waals surface area contributed by atoms with E-state index < -0.39 is 0 Å². The van der Waals surface area contributed by atoms with Gasteiger partial charge in [-0.3, -0.25) is 0 Å². The molecule has 0 radical (unpaired) electrons. The molecule has 0 bridgehead atoms. The lowest BCUT2D eigenvalue weighted by atomic mass is 9.87. The van der Waals surface area contributed by atoms with E-state index >= 15 is 0 Å². The van der Waals surface area contributed by atoms with Crippen LogP contribution in [0.1, 0.15) is 58.9 Å². The quantitative estimate of drug-likeness (QED) is 0.802. The summed E-state index contributed by atoms with van der Waals surface area (Å²) in [5.41, 5.74) is 1.51. The molecule has 2 rings (SSSR count). The van der Waals surface area contributed by atoms with E-state index in [4.69, 9.17) is 4.74 Å². The van der Waals surface area contributed by atoms with Gasteiger partial charge in [-0.1, -0.05) is 46.2 Å². The maximum Gasteiger partial charge on any atom is 0.120 e. The zero-order chi connectivity index (χ0) is 14.6. The molecule has 0 heterocycles. The number of nitrogens with one attached hydrogen (secondary N) is 1. The molecule has 112 valence electrons. The molecule has 1 aliphatic rings. The van der Waals surface area contributed by atoms with Gasteiger partial charge < -0.3 is 10.1 Å². The van der Waals surface area contributed by atoms with Gasteiger partial charge in [-0.25, -0.2) is 0 Å². The Bertz CT molecular complexity index is 418. The molecule has 1 saturated carbocycles. The number of benzene rings is 1. The average molecular weight is 275 g/mol. The minimum atomic E-state index is 0.173. The lowest BCUT2D eigenvalue weighted by Gasteiger charge is -2.23. The first kappa shape index (κ1) is 15.4. The summed E-state index contributed by atoms with van der Waals surface area (Å²) in [5.74, 6) is 1.01. The molecule has 1 atom stereocenters. The van der Waals surface area contributed by atoms with E-state index in [0.29, 0.717) is 0 Å². The molecule has 2 heteroatoms. The third-order valence-corrected chi connectivity index (χ3v) is 3.83. The van der Waals surface area contributed by atoms with Crippen molar-refractivity contribution in [3.8, 4) is 5.75 Å². The van der Waals surface area contributed by atoms with Crippen LogP contribution in [0.3, 0.4) is 0 Å². The van der Waals surface area contributed by atoms with Gasteiger partial charge >= 0.3 is 0 Å². The van der Waals surface area contributed by atoms with E-state index in [0.717, 1.165) is 31.2 Å². The van der Waals surface area contributed by atoms with Crippen LogP contribution >= 0.6 is 0 Å². The highest BCUT2D eigenvalue weighted by Gasteiger charge is 2.22. The van der Waals surface area contributed by atoms with Crippen LogP contribution in [-0.2, 0) is 5.41 Å². The normalized spacial score (nSPS) is 17.0. The van der Waals surface area contributed by atoms with Crippen molar-refractivity contribution < 1.29 is 4.74 Å². The summed E-state index contributed by atoms with van der Waals surface area (Å²) >= 11 is 0. The van der Waals surface area contributed by atoms with Crippen LogP contribution in [0.15, 0.2) is 24.3 Å². The van der Waals surface area contributed by atoms with Crippen LogP contribution in [0, 0.1) is 0 Å². The Hall–Kier alpha value is -1.02. The first-order valence-electron chi connectivity index (χ1n) is 7.99. The molecule has 0 aliphatic heterocycles. The summed E-state index contributed by atoms with van der Waals surface area (Å²) in [6, 6.07) is 9.31. The van der Waals surface area contributed by atoms with Crippen LogP contribution in [0.25, 0.3) is 0 Å². The van der Waals surface area contributed by atoms with Gasteiger partial charge in [0.2, 0.25) is 0 Å². The zero-order valence-corrected chi connectivity index (χ0v) is 13.4. The van der Waals surface area contributed by atoms with Crippen LogP contribution in [0.4, 0.5) is 0 Å². The highest BCUT2D eigenvalue weighted by molar-refractivity contribution is 5.32. The molecule has 20 heavy (non-hydrogen) atoms. The molecular weight excluding hydrogens is 246 g/mol. The van der Waals surface area contributed by atoms with Crippen molar-refractivity contribution in [1.29, 1.82) is 0 Å². The number of ether oxygens (including phenoxy) is 1. The molecule has 1 N–H and O–H groups in total. The third-order valence-electron chi connectivity index (χ3n) is 3.83. The Morgan fingerprint density at radius 2 is 2.05 bits per heavy atom. The van der Waals surface area contributed by atoms with Gasteiger partial charge in [-0.05, 0) is 42.4 Å². The summed E-state index contributed by atoms with van der Waals surface area (Å²) in [6.07, 6.45) is 5.22. The number of rotatable bonds is 7. The van der Waals surface area contributed by atoms with Crippen LogP contribution in [-0.4, -0.2) is 18.7 Å². The maximum atomic E-state index is 6.21. The molecule has 0 spiro atoms. The van der Waals surface area contributed by atoms with Gasteiger partial charge in [0.1, 0.15) is 11.9 Å². The summed E-state index contributed by atoms with van der Waals surface area (Å²) in [5, 5.41) is 3.58. The highest BCUT2D eigenvalue weighted by Crippen LogP contribution is 2.26. The first-order chi connectivity index (χ1) is 9.49. The van der Waals surface area contributed by atoms with Crippen molar-refractivity contribution in [3.63, 3.8) is 0 Å². The topological polar surface area (TPSA) is 21.3 Å². The zero-order valence-electron chi connectivity index (χ0n) is 13.4. The molecule has 1 unspecified atom stereocenters. The van der Waals surface area contributed by atoms with Crippen LogP contribution in [0.2, 0.25) is 0 Å². The second-order valence-corrected chi connectivity index (χ2v) is 6.99. The lowest BCUT2D eigenvalue weighted by Crippen LogP contribution is -2.32. The van der Waals surface area contributed by atoms with Gasteiger partial charge in [0.25, 0.3) is 0 Å². The van der Waals surface area contributed by atoms with E-state index in [1.165, 1.54) is 18.4 Å². The Kier molecular flexibility index (Phi) is 5.09. The molecule has 1 aromatic rings. The standard InChI is InChI=1S/C18H29NO/c1-5-7-17(13-19-15-10-11-15)20-16-9-6-8-14(12-16)18(2,3)4/h6,8-9,12,15,17,19H,5,7,10-11,13H2,1-4H3. The predicted molar refractivity (Wildman–Crippen MR) is 85.5 cm³/mol. The molecule has 2 nitrogen and oxygen atoms in total. The lowest BCUT2D eigenvalue weighted by molar-refractivity contribution is 0.185. The van der Waals surface area contributed by atoms with Gasteiger partial charge in [-0.15, -0.1) is 0 Å². The third kappa shape index (κ3) is 4.82. The van der Waals surface area contributed by atoms with Crippen LogP contribution in [0.5, 0.6) is 5.75 Å². The Morgan fingerprint density at radius 1 is 1.30 bits per heavy atom. The summed E-state index contributed by atoms with van der Waals surface area (Å²) < 4.78 is 6.21. The Labute approximate surface area is 123 Å². The van der Waals surface area contributed by atoms with Crippen molar-refractivity contribution in [2.45, 2.75) is 70.9 Å². The van der Waals surface area contributed by atoms with E-state index in [2.05, 4.69) is 57.3 Å². The van der Waals surface area contributed by atoms with E-state index in [1.807, 2.05) is 0 Å². The molecule has 1 fully saturated rings. The molecule has 1 aliphatic carbocycles. The van der Waals surface area contributed by atoms with Crippen molar-refractivity contribution in [2.75, 3.05) is 6.54 Å². The maximum absolute atomic E-state index is 6.21. The molecule has 0 saturated heterocycles. The monoisotopic (exact) mass is 275 g/mol. The van der Waals surface area contributed by atoms with Gasteiger partial charge in [-0.2, -0.15) is 0 Å². The first-order valence-corrected chi connectivity index (χ1v) is 7.99. The van der Waals surface area contributed by atoms with E-state index in [1.54, 1.807) is 0 Å². The minimum Gasteiger partial charge on any atom is -0.489 e. The Morgan fingerprint density at radius 3 is 2.65 bits per heavy atom. The number of hydrogen-bond acceptors (Lipinski definition) is 2. The van der Waals surface area contributed by atoms with E-state index in [9.17, 15) is 0 Å². The smallest absolute Gasteiger partial charge is 0.120 e. The van der Waals surface area contributed by atoms with Gasteiger partial charge in [0.15, 0.2) is 0 Å².